The molecule has 0 aliphatic heterocycles. The van der Waals surface area contributed by atoms with Gasteiger partial charge in [-0.2, -0.15) is 0 Å². The third-order valence-corrected chi connectivity index (χ3v) is 3.68. The van der Waals surface area contributed by atoms with Crippen molar-refractivity contribution in [2.45, 2.75) is 44.8 Å². The average Bonchev–Trinajstić information content (AvgIpc) is 2.93. The van der Waals surface area contributed by atoms with Gasteiger partial charge in [0.15, 0.2) is 0 Å². The van der Waals surface area contributed by atoms with Crippen LogP contribution >= 0.6 is 0 Å². The zero-order valence-electron chi connectivity index (χ0n) is 11.3. The second-order valence-corrected chi connectivity index (χ2v) is 5.34. The molecule has 1 heterocycles. The van der Waals surface area contributed by atoms with E-state index in [9.17, 15) is 9.90 Å². The molecule has 5 nitrogen and oxygen atoms in total. The van der Waals surface area contributed by atoms with Crippen molar-refractivity contribution < 1.29 is 14.3 Å². The van der Waals surface area contributed by atoms with Crippen molar-refractivity contribution in [3.05, 3.63) is 24.2 Å². The number of urea groups is 1. The van der Waals surface area contributed by atoms with E-state index in [0.29, 0.717) is 5.76 Å². The minimum absolute atomic E-state index is 0.155. The van der Waals surface area contributed by atoms with Gasteiger partial charge in [-0.3, -0.25) is 0 Å². The van der Waals surface area contributed by atoms with E-state index in [1.165, 1.54) is 19.1 Å². The van der Waals surface area contributed by atoms with Crippen molar-refractivity contribution >= 4 is 6.03 Å². The molecular formula is C14H22N2O3. The molecule has 2 rings (SSSR count). The summed E-state index contributed by atoms with van der Waals surface area (Å²) in [5, 5.41) is 15.4. The molecule has 106 valence electrons. The van der Waals surface area contributed by atoms with E-state index in [-0.39, 0.29) is 18.6 Å². The number of aliphatic hydroxyl groups excluding tert-OH is 1. The molecule has 1 atom stereocenters. The van der Waals surface area contributed by atoms with Crippen LogP contribution in [0.5, 0.6) is 0 Å². The van der Waals surface area contributed by atoms with Crippen LogP contribution in [0.3, 0.4) is 0 Å². The van der Waals surface area contributed by atoms with Crippen molar-refractivity contribution in [2.75, 3.05) is 6.54 Å². The molecule has 0 aromatic carbocycles. The number of hydrogen-bond donors (Lipinski definition) is 3. The van der Waals surface area contributed by atoms with Gasteiger partial charge in [-0.1, -0.05) is 6.92 Å². The van der Waals surface area contributed by atoms with E-state index in [2.05, 4.69) is 17.6 Å². The summed E-state index contributed by atoms with van der Waals surface area (Å²) in [5.74, 6) is 1.23. The molecule has 1 unspecified atom stereocenters. The molecule has 0 radical (unpaired) electrons. The number of carbonyl (C=O) groups excluding carboxylic acids is 1. The van der Waals surface area contributed by atoms with E-state index >= 15 is 0 Å². The SMILES string of the molecule is CC1CCC(NC(=O)NCC(O)c2ccco2)CC1. The largest absolute Gasteiger partial charge is 0.467 e. The van der Waals surface area contributed by atoms with Gasteiger partial charge in [0.1, 0.15) is 11.9 Å². The number of aliphatic hydroxyl groups is 1. The fourth-order valence-electron chi connectivity index (χ4n) is 2.41. The van der Waals surface area contributed by atoms with Crippen LogP contribution in [0, 0.1) is 5.92 Å². The van der Waals surface area contributed by atoms with Gasteiger partial charge >= 0.3 is 6.03 Å². The summed E-state index contributed by atoms with van der Waals surface area (Å²) in [4.78, 5) is 11.7. The summed E-state index contributed by atoms with van der Waals surface area (Å²) in [5.41, 5.74) is 0. The van der Waals surface area contributed by atoms with Crippen molar-refractivity contribution in [3.8, 4) is 0 Å². The van der Waals surface area contributed by atoms with Crippen LogP contribution in [0.2, 0.25) is 0 Å². The molecule has 1 fully saturated rings. The van der Waals surface area contributed by atoms with Crippen LogP contribution in [0.25, 0.3) is 0 Å². The zero-order chi connectivity index (χ0) is 13.7. The summed E-state index contributed by atoms with van der Waals surface area (Å²) < 4.78 is 5.07. The van der Waals surface area contributed by atoms with E-state index in [1.807, 2.05) is 0 Å². The van der Waals surface area contributed by atoms with Crippen molar-refractivity contribution in [1.29, 1.82) is 0 Å². The van der Waals surface area contributed by atoms with Crippen molar-refractivity contribution in [3.63, 3.8) is 0 Å². The maximum absolute atomic E-state index is 11.7. The Morgan fingerprint density at radius 2 is 2.21 bits per heavy atom. The van der Waals surface area contributed by atoms with Crippen LogP contribution in [0.4, 0.5) is 4.79 Å². The van der Waals surface area contributed by atoms with E-state index < -0.39 is 6.10 Å². The van der Waals surface area contributed by atoms with E-state index in [0.717, 1.165) is 18.8 Å². The number of carbonyl (C=O) groups is 1. The third-order valence-electron chi connectivity index (χ3n) is 3.68. The molecule has 1 aromatic heterocycles. The minimum Gasteiger partial charge on any atom is -0.467 e. The predicted octanol–water partition coefficient (Wildman–Crippen LogP) is 2.19. The maximum Gasteiger partial charge on any atom is 0.315 e. The van der Waals surface area contributed by atoms with Gasteiger partial charge in [-0.05, 0) is 43.7 Å². The lowest BCUT2D eigenvalue weighted by Gasteiger charge is -2.27. The van der Waals surface area contributed by atoms with Gasteiger partial charge in [0.25, 0.3) is 0 Å². The lowest BCUT2D eigenvalue weighted by atomic mass is 9.87. The minimum atomic E-state index is -0.799. The lowest BCUT2D eigenvalue weighted by molar-refractivity contribution is 0.147. The Hall–Kier alpha value is -1.49. The highest BCUT2D eigenvalue weighted by atomic mass is 16.4. The number of hydrogen-bond acceptors (Lipinski definition) is 3. The Bertz CT molecular complexity index is 383. The van der Waals surface area contributed by atoms with Gasteiger partial charge in [0, 0.05) is 6.04 Å². The topological polar surface area (TPSA) is 74.5 Å². The fraction of sp³-hybridized carbons (Fsp3) is 0.643. The summed E-state index contributed by atoms with van der Waals surface area (Å²) in [7, 11) is 0. The molecule has 5 heteroatoms. The number of nitrogens with one attached hydrogen (secondary N) is 2. The highest BCUT2D eigenvalue weighted by Gasteiger charge is 2.20. The first kappa shape index (κ1) is 13.9. The molecule has 1 aliphatic rings. The Labute approximate surface area is 113 Å². The number of furan rings is 1. The number of rotatable bonds is 4. The molecule has 1 aromatic rings. The molecule has 0 saturated heterocycles. The molecule has 3 N–H and O–H groups in total. The molecule has 1 aliphatic carbocycles. The van der Waals surface area contributed by atoms with Gasteiger partial charge < -0.3 is 20.2 Å². The second kappa shape index (κ2) is 6.61. The summed E-state index contributed by atoms with van der Waals surface area (Å²) >= 11 is 0. The van der Waals surface area contributed by atoms with E-state index in [1.54, 1.807) is 12.1 Å². The van der Waals surface area contributed by atoms with Gasteiger partial charge in [-0.15, -0.1) is 0 Å². The first-order chi connectivity index (χ1) is 9.15. The molecular weight excluding hydrogens is 244 g/mol. The lowest BCUT2D eigenvalue weighted by Crippen LogP contribution is -2.44. The molecule has 19 heavy (non-hydrogen) atoms. The predicted molar refractivity (Wildman–Crippen MR) is 71.6 cm³/mol. The monoisotopic (exact) mass is 266 g/mol. The van der Waals surface area contributed by atoms with Gasteiger partial charge in [0.05, 0.1) is 12.8 Å². The summed E-state index contributed by atoms with van der Waals surface area (Å²) in [6.07, 6.45) is 5.11. The van der Waals surface area contributed by atoms with Crippen LogP contribution in [-0.2, 0) is 0 Å². The third kappa shape index (κ3) is 4.28. The Balaban J connectivity index is 1.67. The Morgan fingerprint density at radius 3 is 2.84 bits per heavy atom. The smallest absolute Gasteiger partial charge is 0.315 e. The highest BCUT2D eigenvalue weighted by Crippen LogP contribution is 2.23. The fourth-order valence-corrected chi connectivity index (χ4v) is 2.41. The van der Waals surface area contributed by atoms with Gasteiger partial charge in [-0.25, -0.2) is 4.79 Å². The zero-order valence-corrected chi connectivity index (χ0v) is 11.3. The van der Waals surface area contributed by atoms with Crippen LogP contribution < -0.4 is 10.6 Å². The van der Waals surface area contributed by atoms with E-state index in [4.69, 9.17) is 4.42 Å². The van der Waals surface area contributed by atoms with Crippen LogP contribution in [-0.4, -0.2) is 23.7 Å². The first-order valence-electron chi connectivity index (χ1n) is 6.91. The molecule has 2 amide bonds. The first-order valence-corrected chi connectivity index (χ1v) is 6.91. The Kier molecular flexibility index (Phi) is 4.85. The highest BCUT2D eigenvalue weighted by molar-refractivity contribution is 5.74. The Morgan fingerprint density at radius 1 is 1.47 bits per heavy atom. The standard InChI is InChI=1S/C14H22N2O3/c1-10-4-6-11(7-5-10)16-14(18)15-9-12(17)13-3-2-8-19-13/h2-3,8,10-12,17H,4-7,9H2,1H3,(H2,15,16,18). The molecule has 1 saturated carbocycles. The summed E-state index contributed by atoms with van der Waals surface area (Å²) in [6, 6.07) is 3.44. The normalized spacial score (nSPS) is 24.7. The molecule has 0 bridgehead atoms. The van der Waals surface area contributed by atoms with Crippen molar-refractivity contribution in [2.24, 2.45) is 5.92 Å². The summed E-state index contributed by atoms with van der Waals surface area (Å²) in [6.45, 7) is 2.40. The van der Waals surface area contributed by atoms with Crippen molar-refractivity contribution in [1.82, 2.24) is 10.6 Å². The van der Waals surface area contributed by atoms with Crippen LogP contribution in [0.1, 0.15) is 44.5 Å². The van der Waals surface area contributed by atoms with Gasteiger partial charge in [0.2, 0.25) is 0 Å². The molecule has 0 spiro atoms. The number of amides is 2. The van der Waals surface area contributed by atoms with Crippen LogP contribution in [0.15, 0.2) is 22.8 Å². The quantitative estimate of drug-likeness (QED) is 0.782. The maximum atomic E-state index is 11.7. The average molecular weight is 266 g/mol. The second-order valence-electron chi connectivity index (χ2n) is 5.34.